The van der Waals surface area contributed by atoms with Gasteiger partial charge in [-0.1, -0.05) is 49.9 Å². The molecule has 2 aromatic rings. The molecule has 0 heterocycles. The number of hydrogen-bond donors (Lipinski definition) is 1. The first-order valence-corrected chi connectivity index (χ1v) is 8.22. The molecule has 4 heteroatoms. The molecule has 0 spiro atoms. The van der Waals surface area contributed by atoms with Gasteiger partial charge in [0.15, 0.2) is 0 Å². The van der Waals surface area contributed by atoms with Crippen molar-refractivity contribution in [3.63, 3.8) is 0 Å². The minimum absolute atomic E-state index is 0.0141. The topological polar surface area (TPSA) is 12.0 Å². The Morgan fingerprint density at radius 3 is 1.88 bits per heavy atom. The monoisotopic (exact) mass is 347 g/mol. The van der Waals surface area contributed by atoms with Crippen LogP contribution in [0.5, 0.6) is 0 Å². The van der Waals surface area contributed by atoms with E-state index in [1.807, 2.05) is 20.8 Å². The SMILES string of the molecule is C=C(C)N[C@](C)(c1ccc(F)cc1)[C@H](C)c1ccc(C(C)(F)F)cc1. The summed E-state index contributed by atoms with van der Waals surface area (Å²) in [4.78, 5) is 0. The van der Waals surface area contributed by atoms with E-state index in [1.54, 1.807) is 24.3 Å². The maximum Gasteiger partial charge on any atom is 0.270 e. The molecule has 0 saturated carbocycles. The van der Waals surface area contributed by atoms with Gasteiger partial charge < -0.3 is 5.32 Å². The van der Waals surface area contributed by atoms with Crippen LogP contribution in [-0.4, -0.2) is 0 Å². The van der Waals surface area contributed by atoms with Gasteiger partial charge in [-0.3, -0.25) is 0 Å². The minimum Gasteiger partial charge on any atom is -0.379 e. The Kier molecular flexibility index (Phi) is 5.31. The molecule has 0 aromatic heterocycles. The van der Waals surface area contributed by atoms with Crippen LogP contribution in [0.1, 0.15) is 50.3 Å². The number of benzene rings is 2. The summed E-state index contributed by atoms with van der Waals surface area (Å²) >= 11 is 0. The first kappa shape index (κ1) is 19.1. The van der Waals surface area contributed by atoms with E-state index in [4.69, 9.17) is 0 Å². The molecule has 134 valence electrons. The quantitative estimate of drug-likeness (QED) is 0.668. The standard InChI is InChI=1S/C21H24F3N/c1-14(2)25-20(4,17-10-12-19(22)13-11-17)15(3)16-6-8-18(9-7-16)21(5,23)24/h6-13,15,25H,1H2,2-5H3/t15-,20+/m1/s1. The fourth-order valence-electron chi connectivity index (χ4n) is 3.07. The predicted octanol–water partition coefficient (Wildman–Crippen LogP) is 6.08. The highest BCUT2D eigenvalue weighted by Crippen LogP contribution is 2.38. The largest absolute Gasteiger partial charge is 0.379 e. The van der Waals surface area contributed by atoms with Crippen molar-refractivity contribution < 1.29 is 13.2 Å². The highest BCUT2D eigenvalue weighted by molar-refractivity contribution is 5.35. The Hall–Kier alpha value is -2.23. The van der Waals surface area contributed by atoms with Gasteiger partial charge in [0.25, 0.3) is 5.92 Å². The molecule has 0 radical (unpaired) electrons. The van der Waals surface area contributed by atoms with Crippen LogP contribution in [0.4, 0.5) is 13.2 Å². The van der Waals surface area contributed by atoms with Crippen molar-refractivity contribution in [2.24, 2.45) is 0 Å². The third kappa shape index (κ3) is 4.25. The number of alkyl halides is 2. The van der Waals surface area contributed by atoms with Gasteiger partial charge >= 0.3 is 0 Å². The molecule has 0 aliphatic heterocycles. The van der Waals surface area contributed by atoms with Gasteiger partial charge in [-0.05, 0) is 37.1 Å². The van der Waals surface area contributed by atoms with Crippen molar-refractivity contribution in [2.45, 2.75) is 45.1 Å². The fraction of sp³-hybridized carbons (Fsp3) is 0.333. The second-order valence-corrected chi connectivity index (χ2v) is 6.85. The first-order valence-electron chi connectivity index (χ1n) is 8.22. The summed E-state index contributed by atoms with van der Waals surface area (Å²) in [6.07, 6.45) is 0. The highest BCUT2D eigenvalue weighted by Gasteiger charge is 2.34. The molecule has 25 heavy (non-hydrogen) atoms. The zero-order valence-electron chi connectivity index (χ0n) is 15.0. The van der Waals surface area contributed by atoms with Crippen LogP contribution in [0.3, 0.4) is 0 Å². The lowest BCUT2D eigenvalue weighted by Crippen LogP contribution is -2.42. The normalized spacial score (nSPS) is 15.3. The van der Waals surface area contributed by atoms with Crippen molar-refractivity contribution in [3.8, 4) is 0 Å². The third-order valence-corrected chi connectivity index (χ3v) is 4.70. The Balaban J connectivity index is 2.43. The maximum absolute atomic E-state index is 13.4. The van der Waals surface area contributed by atoms with Gasteiger partial charge in [0.2, 0.25) is 0 Å². The molecular weight excluding hydrogens is 323 g/mol. The van der Waals surface area contributed by atoms with Crippen molar-refractivity contribution in [3.05, 3.63) is 83.3 Å². The van der Waals surface area contributed by atoms with Crippen LogP contribution in [0, 0.1) is 5.82 Å². The van der Waals surface area contributed by atoms with Crippen LogP contribution in [-0.2, 0) is 11.5 Å². The predicted molar refractivity (Wildman–Crippen MR) is 96.1 cm³/mol. The lowest BCUT2D eigenvalue weighted by atomic mass is 9.76. The molecular formula is C21H24F3N. The number of nitrogens with one attached hydrogen (secondary N) is 1. The highest BCUT2D eigenvalue weighted by atomic mass is 19.3. The van der Waals surface area contributed by atoms with Crippen LogP contribution < -0.4 is 5.32 Å². The second kappa shape index (κ2) is 6.95. The summed E-state index contributed by atoms with van der Waals surface area (Å²) in [6, 6.07) is 12.7. The molecule has 0 amide bonds. The number of hydrogen-bond acceptors (Lipinski definition) is 1. The molecule has 1 N–H and O–H groups in total. The number of halogens is 3. The Labute approximate surface area is 147 Å². The lowest BCUT2D eigenvalue weighted by molar-refractivity contribution is 0.0174. The summed E-state index contributed by atoms with van der Waals surface area (Å²) in [5.41, 5.74) is 2.01. The molecule has 1 nitrogen and oxygen atoms in total. The van der Waals surface area contributed by atoms with Crippen molar-refractivity contribution in [1.29, 1.82) is 0 Å². The first-order chi connectivity index (χ1) is 11.5. The minimum atomic E-state index is -2.86. The van der Waals surface area contributed by atoms with Gasteiger partial charge in [-0.2, -0.15) is 0 Å². The molecule has 0 fully saturated rings. The van der Waals surface area contributed by atoms with E-state index in [9.17, 15) is 13.2 Å². The fourth-order valence-corrected chi connectivity index (χ4v) is 3.07. The molecule has 2 rings (SSSR count). The van der Waals surface area contributed by atoms with E-state index >= 15 is 0 Å². The van der Waals surface area contributed by atoms with Gasteiger partial charge in [-0.25, -0.2) is 13.2 Å². The van der Waals surface area contributed by atoms with Crippen LogP contribution in [0.2, 0.25) is 0 Å². The molecule has 0 aliphatic rings. The Morgan fingerprint density at radius 1 is 0.960 bits per heavy atom. The van der Waals surface area contributed by atoms with Crippen LogP contribution in [0.15, 0.2) is 60.8 Å². The van der Waals surface area contributed by atoms with E-state index < -0.39 is 11.5 Å². The zero-order valence-corrected chi connectivity index (χ0v) is 15.0. The Morgan fingerprint density at radius 2 is 1.44 bits per heavy atom. The molecule has 0 unspecified atom stereocenters. The van der Waals surface area contributed by atoms with Crippen LogP contribution in [0.25, 0.3) is 0 Å². The molecule has 0 bridgehead atoms. The zero-order chi connectivity index (χ0) is 18.8. The molecule has 2 atom stereocenters. The van der Waals surface area contributed by atoms with Gasteiger partial charge in [0.1, 0.15) is 5.82 Å². The van der Waals surface area contributed by atoms with Gasteiger partial charge in [0.05, 0.1) is 5.54 Å². The molecule has 0 aliphatic carbocycles. The van der Waals surface area contributed by atoms with Crippen molar-refractivity contribution >= 4 is 0 Å². The van der Waals surface area contributed by atoms with Crippen molar-refractivity contribution in [1.82, 2.24) is 5.32 Å². The van der Waals surface area contributed by atoms with E-state index in [2.05, 4.69) is 11.9 Å². The third-order valence-electron chi connectivity index (χ3n) is 4.70. The molecule has 0 saturated heterocycles. The van der Waals surface area contributed by atoms with Crippen LogP contribution >= 0.6 is 0 Å². The van der Waals surface area contributed by atoms with Gasteiger partial charge in [0, 0.05) is 24.1 Å². The second-order valence-electron chi connectivity index (χ2n) is 6.85. The summed E-state index contributed by atoms with van der Waals surface area (Å²) in [7, 11) is 0. The Bertz CT molecular complexity index is 729. The van der Waals surface area contributed by atoms with E-state index in [1.165, 1.54) is 24.3 Å². The summed E-state index contributed by atoms with van der Waals surface area (Å²) in [6.45, 7) is 10.7. The molecule has 2 aromatic carbocycles. The van der Waals surface area contributed by atoms with E-state index in [0.29, 0.717) is 0 Å². The van der Waals surface area contributed by atoms with Gasteiger partial charge in [-0.15, -0.1) is 0 Å². The summed E-state index contributed by atoms with van der Waals surface area (Å²) in [5.74, 6) is -3.23. The smallest absolute Gasteiger partial charge is 0.270 e. The van der Waals surface area contributed by atoms with E-state index in [0.717, 1.165) is 23.7 Å². The lowest BCUT2D eigenvalue weighted by Gasteiger charge is -2.39. The number of allylic oxidation sites excluding steroid dienone is 1. The summed E-state index contributed by atoms with van der Waals surface area (Å²) in [5, 5.41) is 3.37. The average Bonchev–Trinajstić information content (AvgIpc) is 2.53. The average molecular weight is 347 g/mol. The summed E-state index contributed by atoms with van der Waals surface area (Å²) < 4.78 is 40.2. The maximum atomic E-state index is 13.4. The number of rotatable bonds is 6. The van der Waals surface area contributed by atoms with E-state index in [-0.39, 0.29) is 17.3 Å². The van der Waals surface area contributed by atoms with Crippen molar-refractivity contribution in [2.75, 3.05) is 0 Å².